The van der Waals surface area contributed by atoms with Gasteiger partial charge in [-0.1, -0.05) is 12.1 Å². The highest BCUT2D eigenvalue weighted by Crippen LogP contribution is 2.29. The fourth-order valence-electron chi connectivity index (χ4n) is 1.58. The van der Waals surface area contributed by atoms with Gasteiger partial charge in [0.2, 0.25) is 15.8 Å². The van der Waals surface area contributed by atoms with Crippen LogP contribution in [0.2, 0.25) is 0 Å². The fourth-order valence-corrected chi connectivity index (χ4v) is 2.16. The van der Waals surface area contributed by atoms with Gasteiger partial charge in [0.15, 0.2) is 0 Å². The largest absolute Gasteiger partial charge is 0.475 e. The van der Waals surface area contributed by atoms with E-state index in [1.807, 2.05) is 0 Å². The molecule has 0 aliphatic carbocycles. The van der Waals surface area contributed by atoms with Crippen LogP contribution in [0.1, 0.15) is 10.6 Å². The van der Waals surface area contributed by atoms with Crippen LogP contribution in [0.15, 0.2) is 40.8 Å². The second-order valence-corrected chi connectivity index (χ2v) is 5.64. The molecule has 0 amide bonds. The maximum absolute atomic E-state index is 11.3. The van der Waals surface area contributed by atoms with Gasteiger partial charge < -0.3 is 9.52 Å². The summed E-state index contributed by atoms with van der Waals surface area (Å²) in [6.45, 7) is 0. The van der Waals surface area contributed by atoms with E-state index in [4.69, 9.17) is 9.52 Å². The smallest absolute Gasteiger partial charge is 0.371 e. The van der Waals surface area contributed by atoms with Gasteiger partial charge in [-0.15, -0.1) is 0 Å². The van der Waals surface area contributed by atoms with Crippen LogP contribution in [0.3, 0.4) is 0 Å². The van der Waals surface area contributed by atoms with Crippen molar-refractivity contribution in [1.82, 2.24) is 0 Å². The number of hydrogen-bond acceptors (Lipinski definition) is 4. The summed E-state index contributed by atoms with van der Waals surface area (Å²) in [4.78, 5) is 10.8. The number of sulfonamides is 1. The van der Waals surface area contributed by atoms with Gasteiger partial charge in [-0.25, -0.2) is 13.2 Å². The van der Waals surface area contributed by atoms with Gasteiger partial charge in [0.25, 0.3) is 0 Å². The van der Waals surface area contributed by atoms with Crippen LogP contribution in [-0.2, 0) is 10.0 Å². The summed E-state index contributed by atoms with van der Waals surface area (Å²) < 4.78 is 30.0. The Morgan fingerprint density at radius 2 is 1.89 bits per heavy atom. The zero-order chi connectivity index (χ0) is 14.0. The normalized spacial score (nSPS) is 11.2. The van der Waals surface area contributed by atoms with Crippen LogP contribution in [0.25, 0.3) is 11.3 Å². The van der Waals surface area contributed by atoms with Crippen molar-refractivity contribution in [2.75, 3.05) is 11.0 Å². The zero-order valence-corrected chi connectivity index (χ0v) is 10.8. The second kappa shape index (κ2) is 4.77. The maximum Gasteiger partial charge on any atom is 0.371 e. The standard InChI is InChI=1S/C12H11NO5S/c1-19(16,17)13-9-5-3-2-4-8(9)10-6-7-11(18-10)12(14)15/h2-7,13H,1H3,(H,14,15). The van der Waals surface area contributed by atoms with E-state index in [1.165, 1.54) is 12.1 Å². The van der Waals surface area contributed by atoms with E-state index in [0.717, 1.165) is 6.26 Å². The third kappa shape index (κ3) is 3.14. The molecule has 0 aliphatic heterocycles. The van der Waals surface area contributed by atoms with Crippen LogP contribution in [0.4, 0.5) is 5.69 Å². The number of hydrogen-bond donors (Lipinski definition) is 2. The Bertz CT molecular complexity index is 717. The lowest BCUT2D eigenvalue weighted by Gasteiger charge is -2.08. The molecule has 2 N–H and O–H groups in total. The quantitative estimate of drug-likeness (QED) is 0.893. The highest BCUT2D eigenvalue weighted by atomic mass is 32.2. The summed E-state index contributed by atoms with van der Waals surface area (Å²) in [7, 11) is -3.43. The third-order valence-corrected chi connectivity index (χ3v) is 2.90. The summed E-state index contributed by atoms with van der Waals surface area (Å²) in [6, 6.07) is 9.36. The minimum atomic E-state index is -3.43. The van der Waals surface area contributed by atoms with E-state index in [1.54, 1.807) is 24.3 Å². The number of para-hydroxylation sites is 1. The molecule has 1 aromatic carbocycles. The minimum Gasteiger partial charge on any atom is -0.475 e. The number of anilines is 1. The lowest BCUT2D eigenvalue weighted by atomic mass is 10.1. The Kier molecular flexibility index (Phi) is 3.30. The van der Waals surface area contributed by atoms with Gasteiger partial charge in [0, 0.05) is 5.56 Å². The first-order valence-electron chi connectivity index (χ1n) is 5.27. The number of carboxylic acids is 1. The Morgan fingerprint density at radius 1 is 1.21 bits per heavy atom. The van der Waals surface area contributed by atoms with Gasteiger partial charge in [-0.2, -0.15) is 0 Å². The first kappa shape index (κ1) is 13.2. The Morgan fingerprint density at radius 3 is 2.47 bits per heavy atom. The Labute approximate surface area is 109 Å². The predicted molar refractivity (Wildman–Crippen MR) is 69.6 cm³/mol. The second-order valence-electron chi connectivity index (χ2n) is 3.89. The molecule has 1 aromatic heterocycles. The van der Waals surface area contributed by atoms with E-state index in [-0.39, 0.29) is 11.5 Å². The average Bonchev–Trinajstić information content (AvgIpc) is 2.76. The molecule has 0 saturated carbocycles. The van der Waals surface area contributed by atoms with Gasteiger partial charge in [0.1, 0.15) is 5.76 Å². The molecule has 2 aromatic rings. The summed E-state index contributed by atoms with van der Waals surface area (Å²) in [5, 5.41) is 8.80. The third-order valence-electron chi connectivity index (χ3n) is 2.30. The summed E-state index contributed by atoms with van der Waals surface area (Å²) >= 11 is 0. The van der Waals surface area contributed by atoms with Crippen LogP contribution in [0, 0.1) is 0 Å². The van der Waals surface area contributed by atoms with Crippen molar-refractivity contribution in [3.05, 3.63) is 42.2 Å². The molecule has 0 fully saturated rings. The van der Waals surface area contributed by atoms with Crippen molar-refractivity contribution < 1.29 is 22.7 Å². The molecule has 7 heteroatoms. The number of carboxylic acid groups (broad SMARTS) is 1. The van der Waals surface area contributed by atoms with Gasteiger partial charge in [0.05, 0.1) is 11.9 Å². The van der Waals surface area contributed by atoms with Crippen LogP contribution in [-0.4, -0.2) is 25.7 Å². The molecule has 0 spiro atoms. The maximum atomic E-state index is 11.3. The minimum absolute atomic E-state index is 0.204. The molecular formula is C12H11NO5S. The molecule has 1 heterocycles. The van der Waals surface area contributed by atoms with E-state index in [0.29, 0.717) is 11.3 Å². The summed E-state index contributed by atoms with van der Waals surface area (Å²) in [5.41, 5.74) is 0.803. The molecule has 0 radical (unpaired) electrons. The highest BCUT2D eigenvalue weighted by molar-refractivity contribution is 7.92. The van der Waals surface area contributed by atoms with Crippen LogP contribution < -0.4 is 4.72 Å². The molecule has 0 atom stereocenters. The number of rotatable bonds is 4. The van der Waals surface area contributed by atoms with Crippen LogP contribution in [0.5, 0.6) is 0 Å². The number of benzene rings is 1. The lowest BCUT2D eigenvalue weighted by molar-refractivity contribution is 0.0663. The Balaban J connectivity index is 2.46. The summed E-state index contributed by atoms with van der Waals surface area (Å²) in [6.07, 6.45) is 1.04. The topological polar surface area (TPSA) is 96.6 Å². The molecule has 6 nitrogen and oxygen atoms in total. The van der Waals surface area contributed by atoms with Crippen molar-refractivity contribution in [2.24, 2.45) is 0 Å². The molecule has 19 heavy (non-hydrogen) atoms. The SMILES string of the molecule is CS(=O)(=O)Nc1ccccc1-c1ccc(C(=O)O)o1. The van der Waals surface area contributed by atoms with Crippen molar-refractivity contribution in [3.8, 4) is 11.3 Å². The number of aromatic carboxylic acids is 1. The van der Waals surface area contributed by atoms with Crippen molar-refractivity contribution in [1.29, 1.82) is 0 Å². The zero-order valence-electron chi connectivity index (χ0n) is 9.95. The van der Waals surface area contributed by atoms with Crippen molar-refractivity contribution in [3.63, 3.8) is 0 Å². The van der Waals surface area contributed by atoms with Crippen LogP contribution >= 0.6 is 0 Å². The molecule has 0 bridgehead atoms. The van der Waals surface area contributed by atoms with Gasteiger partial charge >= 0.3 is 5.97 Å². The first-order chi connectivity index (χ1) is 8.87. The number of furan rings is 1. The van der Waals surface area contributed by atoms with E-state index in [9.17, 15) is 13.2 Å². The van der Waals surface area contributed by atoms with Gasteiger partial charge in [-0.05, 0) is 24.3 Å². The molecule has 0 saturated heterocycles. The Hall–Kier alpha value is -2.28. The van der Waals surface area contributed by atoms with E-state index < -0.39 is 16.0 Å². The highest BCUT2D eigenvalue weighted by Gasteiger charge is 2.14. The molecular weight excluding hydrogens is 270 g/mol. The van der Waals surface area contributed by atoms with Gasteiger partial charge in [-0.3, -0.25) is 4.72 Å². The molecule has 0 unspecified atom stereocenters. The monoisotopic (exact) mass is 281 g/mol. The lowest BCUT2D eigenvalue weighted by Crippen LogP contribution is -2.10. The number of nitrogens with one attached hydrogen (secondary N) is 1. The first-order valence-corrected chi connectivity index (χ1v) is 7.16. The van der Waals surface area contributed by atoms with E-state index >= 15 is 0 Å². The fraction of sp³-hybridized carbons (Fsp3) is 0.0833. The molecule has 2 rings (SSSR count). The number of carbonyl (C=O) groups is 1. The molecule has 0 aliphatic rings. The average molecular weight is 281 g/mol. The predicted octanol–water partition coefficient (Wildman–Crippen LogP) is 2.02. The molecule has 100 valence electrons. The van der Waals surface area contributed by atoms with Crippen molar-refractivity contribution >= 4 is 21.7 Å². The van der Waals surface area contributed by atoms with E-state index in [2.05, 4.69) is 4.72 Å². The van der Waals surface area contributed by atoms with Crippen molar-refractivity contribution in [2.45, 2.75) is 0 Å². The summed E-state index contributed by atoms with van der Waals surface area (Å²) in [5.74, 6) is -1.10.